The average molecular weight is 594 g/mol. The Bertz CT molecular complexity index is 1240. The van der Waals surface area contributed by atoms with E-state index in [0.717, 1.165) is 29.7 Å². The van der Waals surface area contributed by atoms with Gasteiger partial charge in [-0.1, -0.05) is 57.2 Å². The first-order valence-electron chi connectivity index (χ1n) is 15.6. The summed E-state index contributed by atoms with van der Waals surface area (Å²) in [7, 11) is 1.59. The van der Waals surface area contributed by atoms with E-state index in [4.69, 9.17) is 4.74 Å². The maximum absolute atomic E-state index is 13.9. The van der Waals surface area contributed by atoms with E-state index in [9.17, 15) is 19.2 Å². The van der Waals surface area contributed by atoms with Crippen LogP contribution in [0.5, 0.6) is 0 Å². The number of rotatable bonds is 2. The summed E-state index contributed by atoms with van der Waals surface area (Å²) in [5.41, 5.74) is 6.03. The first-order valence-corrected chi connectivity index (χ1v) is 15.6. The van der Waals surface area contributed by atoms with E-state index in [1.807, 2.05) is 36.9 Å². The first kappa shape index (κ1) is 32.4. The number of hydrazine groups is 1. The number of hydrogen-bond donors (Lipinski definition) is 3. The highest BCUT2D eigenvalue weighted by atomic mass is 16.5. The second kappa shape index (κ2) is 14.8. The second-order valence-corrected chi connectivity index (χ2v) is 12.2. The molecular formula is C33H47N5O5. The third-order valence-corrected chi connectivity index (χ3v) is 8.59. The van der Waals surface area contributed by atoms with E-state index in [-0.39, 0.29) is 29.7 Å². The van der Waals surface area contributed by atoms with Crippen LogP contribution in [-0.4, -0.2) is 78.0 Å². The fourth-order valence-corrected chi connectivity index (χ4v) is 5.97. The molecule has 1 aromatic rings. The number of hydrogen-bond acceptors (Lipinski definition) is 6. The predicted molar refractivity (Wildman–Crippen MR) is 166 cm³/mol. The summed E-state index contributed by atoms with van der Waals surface area (Å²) in [4.78, 5) is 55.7. The Morgan fingerprint density at radius 3 is 2.47 bits per heavy atom. The topological polar surface area (TPSA) is 120 Å². The van der Waals surface area contributed by atoms with Crippen LogP contribution in [0.2, 0.25) is 0 Å². The molecule has 0 unspecified atom stereocenters. The van der Waals surface area contributed by atoms with E-state index >= 15 is 0 Å². The molecule has 3 heterocycles. The number of amides is 4. The zero-order valence-corrected chi connectivity index (χ0v) is 26.1. The minimum absolute atomic E-state index is 0.0643. The molecule has 3 aliphatic heterocycles. The average Bonchev–Trinajstić information content (AvgIpc) is 3.02. The van der Waals surface area contributed by atoms with Gasteiger partial charge < -0.3 is 20.3 Å². The van der Waals surface area contributed by atoms with Crippen LogP contribution >= 0.6 is 0 Å². The normalized spacial score (nSPS) is 29.1. The quantitative estimate of drug-likeness (QED) is 0.485. The lowest BCUT2D eigenvalue weighted by Crippen LogP contribution is -2.62. The number of methoxy groups -OCH3 is 1. The number of carbonyl (C=O) groups excluding carboxylic acids is 4. The lowest BCUT2D eigenvalue weighted by atomic mass is 9.96. The van der Waals surface area contributed by atoms with Crippen molar-refractivity contribution in [1.82, 2.24) is 26.0 Å². The SMILES string of the molecule is CO[C@@H]1CC/C=C/c2cccc(c2)C2=CCCCN2C(=O)[C@@H]2CCCN(N2)C(=O)[C@H](C)NC(=O)[C@H](C(C)C)NC(=O)[C@@H]1C. The van der Waals surface area contributed by atoms with Crippen molar-refractivity contribution in [3.63, 3.8) is 0 Å². The van der Waals surface area contributed by atoms with Gasteiger partial charge in [0.05, 0.1) is 12.0 Å². The van der Waals surface area contributed by atoms with Gasteiger partial charge in [-0.2, -0.15) is 0 Å². The molecular weight excluding hydrogens is 546 g/mol. The minimum atomic E-state index is -0.853. The molecule has 4 rings (SSSR count). The van der Waals surface area contributed by atoms with Crippen molar-refractivity contribution in [1.29, 1.82) is 0 Å². The van der Waals surface area contributed by atoms with Crippen LogP contribution in [0.25, 0.3) is 11.8 Å². The van der Waals surface area contributed by atoms with Crippen LogP contribution in [-0.2, 0) is 23.9 Å². The van der Waals surface area contributed by atoms with E-state index in [1.54, 1.807) is 21.0 Å². The fraction of sp³-hybridized carbons (Fsp3) is 0.576. The van der Waals surface area contributed by atoms with Gasteiger partial charge in [0.2, 0.25) is 17.7 Å². The van der Waals surface area contributed by atoms with E-state index in [1.165, 1.54) is 5.01 Å². The molecule has 10 heteroatoms. The molecule has 0 radical (unpaired) electrons. The summed E-state index contributed by atoms with van der Waals surface area (Å²) in [5, 5.41) is 7.14. The molecule has 43 heavy (non-hydrogen) atoms. The van der Waals surface area contributed by atoms with E-state index in [0.29, 0.717) is 38.8 Å². The molecule has 0 spiro atoms. The maximum Gasteiger partial charge on any atom is 0.258 e. The van der Waals surface area contributed by atoms with Crippen LogP contribution in [0, 0.1) is 11.8 Å². The molecule has 3 N–H and O–H groups in total. The Morgan fingerprint density at radius 2 is 1.72 bits per heavy atom. The molecule has 4 bridgehead atoms. The number of ether oxygens (including phenoxy) is 1. The lowest BCUT2D eigenvalue weighted by Gasteiger charge is -2.38. The van der Waals surface area contributed by atoms with Crippen LogP contribution in [0.3, 0.4) is 0 Å². The van der Waals surface area contributed by atoms with Gasteiger partial charge in [0.15, 0.2) is 0 Å². The molecule has 5 atom stereocenters. The van der Waals surface area contributed by atoms with Crippen molar-refractivity contribution in [2.45, 2.75) is 90.4 Å². The Kier molecular flexibility index (Phi) is 11.2. The predicted octanol–water partition coefficient (Wildman–Crippen LogP) is 3.25. The van der Waals surface area contributed by atoms with Gasteiger partial charge in [0.1, 0.15) is 18.1 Å². The number of allylic oxidation sites excluding steroid dienone is 2. The van der Waals surface area contributed by atoms with Gasteiger partial charge in [0, 0.05) is 25.9 Å². The monoisotopic (exact) mass is 593 g/mol. The fourth-order valence-electron chi connectivity index (χ4n) is 5.97. The minimum Gasteiger partial charge on any atom is -0.381 e. The molecule has 4 amide bonds. The molecule has 0 aromatic heterocycles. The molecule has 0 saturated carbocycles. The third kappa shape index (κ3) is 7.92. The number of benzene rings is 1. The van der Waals surface area contributed by atoms with Crippen molar-refractivity contribution in [2.24, 2.45) is 11.8 Å². The molecule has 3 aliphatic rings. The van der Waals surface area contributed by atoms with Crippen molar-refractivity contribution in [2.75, 3.05) is 20.2 Å². The summed E-state index contributed by atoms with van der Waals surface area (Å²) < 4.78 is 5.68. The largest absolute Gasteiger partial charge is 0.381 e. The zero-order chi connectivity index (χ0) is 31.1. The van der Waals surface area contributed by atoms with Gasteiger partial charge in [-0.25, -0.2) is 5.43 Å². The van der Waals surface area contributed by atoms with Crippen molar-refractivity contribution >= 4 is 35.4 Å². The summed E-state index contributed by atoms with van der Waals surface area (Å²) in [6, 6.07) is 5.91. The molecule has 1 aromatic carbocycles. The van der Waals surface area contributed by atoms with Crippen LogP contribution in [0.15, 0.2) is 36.4 Å². The molecule has 0 aliphatic carbocycles. The molecule has 10 nitrogen and oxygen atoms in total. The van der Waals surface area contributed by atoms with Crippen molar-refractivity contribution < 1.29 is 23.9 Å². The highest BCUT2D eigenvalue weighted by Gasteiger charge is 2.36. The standard InChI is InChI=1S/C33H47N5O5/c1-21(2)29-31(40)34-23(4)32(41)38-19-11-15-26(36-38)33(42)37-18-9-8-16-27(37)25-14-10-13-24(20-25)12-6-7-17-28(43-5)22(3)30(39)35-29/h6,10,12-14,16,20-23,26,28-29,36H,7-9,11,15,17-19H2,1-5H3,(H,34,40)(H,35,39)/b12-6+/t22-,23+,26+,28-,29+/m1/s1. The zero-order valence-electron chi connectivity index (χ0n) is 26.1. The maximum atomic E-state index is 13.9. The van der Waals surface area contributed by atoms with Crippen LogP contribution in [0.1, 0.15) is 77.3 Å². The van der Waals surface area contributed by atoms with Crippen LogP contribution < -0.4 is 16.1 Å². The van der Waals surface area contributed by atoms with Crippen molar-refractivity contribution in [3.8, 4) is 0 Å². The van der Waals surface area contributed by atoms with Gasteiger partial charge in [-0.3, -0.25) is 24.2 Å². The Morgan fingerprint density at radius 1 is 0.930 bits per heavy atom. The molecule has 234 valence electrons. The van der Waals surface area contributed by atoms with Gasteiger partial charge in [-0.05, 0) is 68.6 Å². The van der Waals surface area contributed by atoms with Crippen LogP contribution in [0.4, 0.5) is 0 Å². The number of fused-ring (bicyclic) bond motifs is 6. The highest BCUT2D eigenvalue weighted by molar-refractivity contribution is 5.94. The summed E-state index contributed by atoms with van der Waals surface area (Å²) >= 11 is 0. The molecule has 1 saturated heterocycles. The summed E-state index contributed by atoms with van der Waals surface area (Å²) in [6.07, 6.45) is 10.3. The first-order chi connectivity index (χ1) is 20.6. The van der Waals surface area contributed by atoms with E-state index in [2.05, 4.69) is 40.4 Å². The number of nitrogens with one attached hydrogen (secondary N) is 3. The van der Waals surface area contributed by atoms with Gasteiger partial charge in [0.25, 0.3) is 5.91 Å². The summed E-state index contributed by atoms with van der Waals surface area (Å²) in [5.74, 6) is -1.78. The number of nitrogens with zero attached hydrogens (tertiary/aromatic N) is 2. The van der Waals surface area contributed by atoms with Crippen molar-refractivity contribution in [3.05, 3.63) is 47.5 Å². The summed E-state index contributed by atoms with van der Waals surface area (Å²) in [6.45, 7) is 8.18. The Balaban J connectivity index is 1.65. The number of carbonyl (C=O) groups is 4. The Hall–Kier alpha value is -3.50. The Labute approximate surface area is 255 Å². The second-order valence-electron chi connectivity index (χ2n) is 12.2. The smallest absolute Gasteiger partial charge is 0.258 e. The van der Waals surface area contributed by atoms with Gasteiger partial charge >= 0.3 is 0 Å². The third-order valence-electron chi connectivity index (χ3n) is 8.59. The van der Waals surface area contributed by atoms with E-state index < -0.39 is 30.0 Å². The molecule has 1 fully saturated rings. The lowest BCUT2D eigenvalue weighted by molar-refractivity contribution is -0.144. The van der Waals surface area contributed by atoms with Gasteiger partial charge in [-0.15, -0.1) is 0 Å². The highest BCUT2D eigenvalue weighted by Crippen LogP contribution is 2.28.